The summed E-state index contributed by atoms with van der Waals surface area (Å²) in [7, 11) is 3.07. The summed E-state index contributed by atoms with van der Waals surface area (Å²) in [4.78, 5) is 2.09. The fraction of sp³-hybridized carbons (Fsp3) is 0.625. The minimum Gasteiger partial charge on any atom is -0.497 e. The van der Waals surface area contributed by atoms with Crippen LogP contribution in [0.2, 0.25) is 0 Å². The zero-order valence-corrected chi connectivity index (χ0v) is 13.4. The van der Waals surface area contributed by atoms with Gasteiger partial charge in [0.1, 0.15) is 11.5 Å². The minimum atomic E-state index is -4.16. The van der Waals surface area contributed by atoms with Crippen LogP contribution in [-0.2, 0) is 0 Å². The van der Waals surface area contributed by atoms with Gasteiger partial charge in [0.25, 0.3) is 0 Å². The van der Waals surface area contributed by atoms with Crippen molar-refractivity contribution in [2.45, 2.75) is 25.1 Å². The molecule has 0 aromatic heterocycles. The third-order valence-electron chi connectivity index (χ3n) is 4.05. The van der Waals surface area contributed by atoms with Gasteiger partial charge in [0.2, 0.25) is 0 Å². The molecule has 1 saturated heterocycles. The average Bonchev–Trinajstić information content (AvgIpc) is 2.54. The van der Waals surface area contributed by atoms with Crippen LogP contribution in [-0.4, -0.2) is 51.5 Å². The van der Waals surface area contributed by atoms with Gasteiger partial charge < -0.3 is 14.8 Å². The number of hydrogen-bond donors (Lipinski definition) is 1. The fourth-order valence-corrected chi connectivity index (χ4v) is 2.88. The van der Waals surface area contributed by atoms with Crippen molar-refractivity contribution < 1.29 is 22.6 Å². The maximum Gasteiger partial charge on any atom is 0.389 e. The molecule has 1 aromatic rings. The van der Waals surface area contributed by atoms with Crippen LogP contribution in [0.5, 0.6) is 11.5 Å². The second-order valence-electron chi connectivity index (χ2n) is 5.60. The molecule has 2 rings (SSSR count). The lowest BCUT2D eigenvalue weighted by Gasteiger charge is -2.35. The fourth-order valence-electron chi connectivity index (χ4n) is 2.88. The minimum absolute atomic E-state index is 0.0276. The molecule has 1 atom stereocenters. The number of nitrogens with one attached hydrogen (secondary N) is 1. The van der Waals surface area contributed by atoms with Crippen molar-refractivity contribution in [3.63, 3.8) is 0 Å². The molecule has 0 bridgehead atoms. The van der Waals surface area contributed by atoms with Gasteiger partial charge in [0.05, 0.1) is 14.2 Å². The second-order valence-corrected chi connectivity index (χ2v) is 5.60. The van der Waals surface area contributed by atoms with Gasteiger partial charge in [-0.2, -0.15) is 13.2 Å². The largest absolute Gasteiger partial charge is 0.497 e. The lowest BCUT2D eigenvalue weighted by molar-refractivity contribution is -0.138. The highest BCUT2D eigenvalue weighted by Gasteiger charge is 2.31. The maximum absolute atomic E-state index is 12.7. The van der Waals surface area contributed by atoms with Crippen LogP contribution in [0.4, 0.5) is 13.2 Å². The quantitative estimate of drug-likeness (QED) is 0.868. The van der Waals surface area contributed by atoms with Gasteiger partial charge in [-0.3, -0.25) is 4.90 Å². The van der Waals surface area contributed by atoms with Crippen LogP contribution >= 0.6 is 0 Å². The highest BCUT2D eigenvalue weighted by Crippen LogP contribution is 2.35. The van der Waals surface area contributed by atoms with E-state index in [1.807, 2.05) is 0 Å². The number of halogens is 3. The van der Waals surface area contributed by atoms with Crippen LogP contribution < -0.4 is 14.8 Å². The molecule has 1 N–H and O–H groups in total. The van der Waals surface area contributed by atoms with Gasteiger partial charge in [-0.15, -0.1) is 0 Å². The van der Waals surface area contributed by atoms with E-state index in [0.717, 1.165) is 31.7 Å². The summed E-state index contributed by atoms with van der Waals surface area (Å²) in [5, 5.41) is 3.23. The van der Waals surface area contributed by atoms with Gasteiger partial charge >= 0.3 is 6.18 Å². The van der Waals surface area contributed by atoms with E-state index in [-0.39, 0.29) is 12.5 Å². The van der Waals surface area contributed by atoms with Crippen molar-refractivity contribution in [2.75, 3.05) is 40.4 Å². The first-order valence-corrected chi connectivity index (χ1v) is 7.67. The molecule has 0 amide bonds. The van der Waals surface area contributed by atoms with E-state index >= 15 is 0 Å². The summed E-state index contributed by atoms with van der Waals surface area (Å²) in [6.45, 7) is 3.01. The summed E-state index contributed by atoms with van der Waals surface area (Å²) in [5.74, 6) is 1.18. The zero-order valence-electron chi connectivity index (χ0n) is 13.4. The molecule has 4 nitrogen and oxygen atoms in total. The highest BCUT2D eigenvalue weighted by atomic mass is 19.4. The van der Waals surface area contributed by atoms with Gasteiger partial charge in [0.15, 0.2) is 0 Å². The van der Waals surface area contributed by atoms with Gasteiger partial charge in [-0.25, -0.2) is 0 Å². The Bertz CT molecular complexity index is 480. The van der Waals surface area contributed by atoms with E-state index in [4.69, 9.17) is 9.47 Å². The first-order chi connectivity index (χ1) is 10.9. The third-order valence-corrected chi connectivity index (χ3v) is 4.05. The lowest BCUT2D eigenvalue weighted by Crippen LogP contribution is -2.45. The van der Waals surface area contributed by atoms with Gasteiger partial charge in [0, 0.05) is 44.7 Å². The number of benzene rings is 1. The smallest absolute Gasteiger partial charge is 0.389 e. The van der Waals surface area contributed by atoms with Crippen molar-refractivity contribution in [3.05, 3.63) is 23.8 Å². The van der Waals surface area contributed by atoms with Crippen molar-refractivity contribution in [3.8, 4) is 11.5 Å². The first kappa shape index (κ1) is 17.9. The normalized spacial score (nSPS) is 17.8. The molecule has 0 spiro atoms. The number of rotatable bonds is 6. The van der Waals surface area contributed by atoms with Crippen LogP contribution in [0.15, 0.2) is 18.2 Å². The van der Waals surface area contributed by atoms with Gasteiger partial charge in [-0.05, 0) is 24.1 Å². The summed E-state index contributed by atoms with van der Waals surface area (Å²) in [6.07, 6.45) is -4.93. The zero-order chi connectivity index (χ0) is 16.9. The van der Waals surface area contributed by atoms with Crippen molar-refractivity contribution in [1.29, 1.82) is 0 Å². The summed E-state index contributed by atoms with van der Waals surface area (Å²) < 4.78 is 48.6. The number of nitrogens with zero attached hydrogens (tertiary/aromatic N) is 1. The predicted octanol–water partition coefficient (Wildman–Crippen LogP) is 2.99. The third kappa shape index (κ3) is 5.28. The summed E-state index contributed by atoms with van der Waals surface area (Å²) >= 11 is 0. The molecule has 1 heterocycles. The molecule has 0 unspecified atom stereocenters. The average molecular weight is 332 g/mol. The van der Waals surface area contributed by atoms with E-state index < -0.39 is 12.6 Å². The van der Waals surface area contributed by atoms with Crippen LogP contribution in [0.1, 0.15) is 24.4 Å². The van der Waals surface area contributed by atoms with E-state index in [9.17, 15) is 13.2 Å². The maximum atomic E-state index is 12.7. The Labute approximate surface area is 134 Å². The van der Waals surface area contributed by atoms with Crippen LogP contribution in [0, 0.1) is 0 Å². The van der Waals surface area contributed by atoms with Gasteiger partial charge in [-0.1, -0.05) is 0 Å². The van der Waals surface area contributed by atoms with Crippen molar-refractivity contribution in [1.82, 2.24) is 10.2 Å². The first-order valence-electron chi connectivity index (χ1n) is 7.67. The standard InChI is InChI=1S/C16H23F3N2O2/c1-22-13-9-12(10-14(11-13)23-2)15(3-4-16(17,18)19)21-7-5-20-6-8-21/h9-11,15,20H,3-8H2,1-2H3/t15-/m0/s1. The SMILES string of the molecule is COc1cc(OC)cc([C@H](CCC(F)(F)F)N2CCNCC2)c1. The van der Waals surface area contributed by atoms with Crippen LogP contribution in [0.25, 0.3) is 0 Å². The Hall–Kier alpha value is -1.47. The van der Waals surface area contributed by atoms with E-state index in [1.54, 1.807) is 18.2 Å². The van der Waals surface area contributed by atoms with Crippen LogP contribution in [0.3, 0.4) is 0 Å². The Morgan fingerprint density at radius 2 is 1.65 bits per heavy atom. The number of hydrogen-bond acceptors (Lipinski definition) is 4. The molecule has 0 saturated carbocycles. The molecule has 0 radical (unpaired) electrons. The number of methoxy groups -OCH3 is 2. The monoisotopic (exact) mass is 332 g/mol. The van der Waals surface area contributed by atoms with E-state index in [1.165, 1.54) is 14.2 Å². The molecule has 1 aromatic carbocycles. The summed E-state index contributed by atoms with van der Waals surface area (Å²) in [5.41, 5.74) is 0.798. The Kier molecular flexibility index (Phi) is 6.12. The molecule has 1 fully saturated rings. The number of alkyl halides is 3. The second kappa shape index (κ2) is 7.88. The Balaban J connectivity index is 2.27. The Morgan fingerprint density at radius 1 is 1.09 bits per heavy atom. The van der Waals surface area contributed by atoms with E-state index in [2.05, 4.69) is 10.2 Å². The molecule has 130 valence electrons. The topological polar surface area (TPSA) is 33.7 Å². The molecular formula is C16H23F3N2O2. The molecule has 23 heavy (non-hydrogen) atoms. The molecule has 7 heteroatoms. The molecule has 1 aliphatic heterocycles. The van der Waals surface area contributed by atoms with Crippen molar-refractivity contribution >= 4 is 0 Å². The molecule has 0 aliphatic carbocycles. The Morgan fingerprint density at radius 3 is 2.13 bits per heavy atom. The number of piperazine rings is 1. The summed E-state index contributed by atoms with van der Waals surface area (Å²) in [6, 6.07) is 5.02. The molecule has 1 aliphatic rings. The highest BCUT2D eigenvalue weighted by molar-refractivity contribution is 5.40. The van der Waals surface area contributed by atoms with Crippen molar-refractivity contribution in [2.24, 2.45) is 0 Å². The lowest BCUT2D eigenvalue weighted by atomic mass is 9.98. The van der Waals surface area contributed by atoms with E-state index in [0.29, 0.717) is 11.5 Å². The predicted molar refractivity (Wildman–Crippen MR) is 82.0 cm³/mol. The molecular weight excluding hydrogens is 309 g/mol. The number of ether oxygens (including phenoxy) is 2.